The Morgan fingerprint density at radius 1 is 1.30 bits per heavy atom. The minimum atomic E-state index is -0.173. The highest BCUT2D eigenvalue weighted by atomic mass is 16.5. The lowest BCUT2D eigenvalue weighted by molar-refractivity contribution is -0.140. The van der Waals surface area contributed by atoms with Gasteiger partial charge >= 0.3 is 5.97 Å². The predicted molar refractivity (Wildman–Crippen MR) is 77.9 cm³/mol. The number of carbonyl (C=O) groups is 1. The fourth-order valence-corrected chi connectivity index (χ4v) is 2.36. The second-order valence-corrected chi connectivity index (χ2v) is 5.18. The van der Waals surface area contributed by atoms with Crippen LogP contribution in [0.5, 0.6) is 5.75 Å². The lowest BCUT2D eigenvalue weighted by Crippen LogP contribution is -2.38. The van der Waals surface area contributed by atoms with E-state index in [2.05, 4.69) is 10.1 Å². The third kappa shape index (κ3) is 4.85. The number of hydrogen-bond acceptors (Lipinski definition) is 4. The van der Waals surface area contributed by atoms with Gasteiger partial charge in [-0.15, -0.1) is 0 Å². The van der Waals surface area contributed by atoms with Crippen molar-refractivity contribution in [1.82, 2.24) is 5.32 Å². The highest BCUT2D eigenvalue weighted by Crippen LogP contribution is 2.15. The van der Waals surface area contributed by atoms with Crippen LogP contribution in [0.25, 0.3) is 0 Å². The zero-order chi connectivity index (χ0) is 14.2. The van der Waals surface area contributed by atoms with Gasteiger partial charge in [-0.05, 0) is 43.5 Å². The molecule has 4 heteroatoms. The van der Waals surface area contributed by atoms with Crippen LogP contribution in [0.15, 0.2) is 24.3 Å². The van der Waals surface area contributed by atoms with Crippen LogP contribution in [0.1, 0.15) is 31.2 Å². The van der Waals surface area contributed by atoms with E-state index in [9.17, 15) is 4.79 Å². The molecule has 110 valence electrons. The average molecular weight is 277 g/mol. The molecule has 1 aliphatic heterocycles. The molecule has 0 aliphatic carbocycles. The Morgan fingerprint density at radius 3 is 2.75 bits per heavy atom. The molecule has 1 saturated heterocycles. The molecule has 20 heavy (non-hydrogen) atoms. The summed E-state index contributed by atoms with van der Waals surface area (Å²) in [7, 11) is 1.42. The van der Waals surface area contributed by atoms with Crippen molar-refractivity contribution in [3.63, 3.8) is 0 Å². The van der Waals surface area contributed by atoms with Gasteiger partial charge in [-0.3, -0.25) is 4.79 Å². The van der Waals surface area contributed by atoms with Crippen LogP contribution in [0.3, 0.4) is 0 Å². The van der Waals surface area contributed by atoms with Crippen molar-refractivity contribution in [3.8, 4) is 5.75 Å². The molecule has 0 spiro atoms. The molecule has 1 heterocycles. The number of nitrogens with one attached hydrogen (secondary N) is 1. The smallest absolute Gasteiger partial charge is 0.305 e. The molecule has 0 radical (unpaired) electrons. The van der Waals surface area contributed by atoms with Crippen molar-refractivity contribution in [2.24, 2.45) is 0 Å². The Kier molecular flexibility index (Phi) is 5.87. The van der Waals surface area contributed by atoms with Crippen LogP contribution < -0.4 is 10.1 Å². The monoisotopic (exact) mass is 277 g/mol. The quantitative estimate of drug-likeness (QED) is 0.811. The number of aryl methyl sites for hydroxylation is 1. The topological polar surface area (TPSA) is 47.6 Å². The molecule has 0 aromatic heterocycles. The number of hydrogen-bond donors (Lipinski definition) is 1. The first-order chi connectivity index (χ1) is 9.78. The average Bonchev–Trinajstić information content (AvgIpc) is 2.52. The molecule has 1 aromatic carbocycles. The number of carbonyl (C=O) groups excluding carboxylic acids is 1. The zero-order valence-corrected chi connectivity index (χ0v) is 12.1. The largest absolute Gasteiger partial charge is 0.492 e. The number of rotatable bonds is 6. The van der Waals surface area contributed by atoms with Crippen molar-refractivity contribution in [2.45, 2.75) is 38.1 Å². The number of esters is 1. The van der Waals surface area contributed by atoms with Crippen LogP contribution in [-0.4, -0.2) is 32.3 Å². The van der Waals surface area contributed by atoms with Crippen LogP contribution >= 0.6 is 0 Å². The SMILES string of the molecule is COC(=O)CCc1ccc(OCC2CCCCN2)cc1. The van der Waals surface area contributed by atoms with Crippen molar-refractivity contribution in [2.75, 3.05) is 20.3 Å². The standard InChI is InChI=1S/C16H23NO3/c1-19-16(18)10-7-13-5-8-15(9-6-13)20-12-14-4-2-3-11-17-14/h5-6,8-9,14,17H,2-4,7,10-12H2,1H3. The molecule has 0 amide bonds. The van der Waals surface area contributed by atoms with E-state index >= 15 is 0 Å². The van der Waals surface area contributed by atoms with Gasteiger partial charge in [0.1, 0.15) is 12.4 Å². The summed E-state index contributed by atoms with van der Waals surface area (Å²) in [6.07, 6.45) is 4.87. The van der Waals surface area contributed by atoms with Gasteiger partial charge in [0.05, 0.1) is 7.11 Å². The lowest BCUT2D eigenvalue weighted by atomic mass is 10.1. The summed E-state index contributed by atoms with van der Waals surface area (Å²) < 4.78 is 10.4. The molecule has 2 rings (SSSR count). The van der Waals surface area contributed by atoms with Gasteiger partial charge < -0.3 is 14.8 Å². The predicted octanol–water partition coefficient (Wildman–Crippen LogP) is 2.31. The molecule has 1 atom stereocenters. The van der Waals surface area contributed by atoms with Crippen molar-refractivity contribution >= 4 is 5.97 Å². The molecule has 4 nitrogen and oxygen atoms in total. The van der Waals surface area contributed by atoms with E-state index in [1.807, 2.05) is 24.3 Å². The van der Waals surface area contributed by atoms with E-state index in [1.54, 1.807) is 0 Å². The normalized spacial score (nSPS) is 18.6. The molecular formula is C16H23NO3. The Hall–Kier alpha value is -1.55. The van der Waals surface area contributed by atoms with Gasteiger partial charge in [-0.25, -0.2) is 0 Å². The maximum absolute atomic E-state index is 11.1. The van der Waals surface area contributed by atoms with Crippen LogP contribution in [0, 0.1) is 0 Å². The Bertz CT molecular complexity index is 410. The van der Waals surface area contributed by atoms with Crippen LogP contribution in [-0.2, 0) is 16.0 Å². The molecule has 1 aromatic rings. The second kappa shape index (κ2) is 7.90. The highest BCUT2D eigenvalue weighted by Gasteiger charge is 2.12. The summed E-state index contributed by atoms with van der Waals surface area (Å²) in [6.45, 7) is 1.82. The minimum absolute atomic E-state index is 0.173. The second-order valence-electron chi connectivity index (χ2n) is 5.18. The van der Waals surface area contributed by atoms with Crippen LogP contribution in [0.4, 0.5) is 0 Å². The van der Waals surface area contributed by atoms with Crippen LogP contribution in [0.2, 0.25) is 0 Å². The molecule has 0 bridgehead atoms. The van der Waals surface area contributed by atoms with E-state index in [-0.39, 0.29) is 5.97 Å². The minimum Gasteiger partial charge on any atom is -0.492 e. The lowest BCUT2D eigenvalue weighted by Gasteiger charge is -2.23. The number of benzene rings is 1. The fraction of sp³-hybridized carbons (Fsp3) is 0.562. The van der Waals surface area contributed by atoms with E-state index in [1.165, 1.54) is 26.4 Å². The number of piperidine rings is 1. The van der Waals surface area contributed by atoms with Gasteiger partial charge in [0.15, 0.2) is 0 Å². The van der Waals surface area contributed by atoms with E-state index < -0.39 is 0 Å². The van der Waals surface area contributed by atoms with Gasteiger partial charge in [0, 0.05) is 12.5 Å². The Balaban J connectivity index is 1.74. The van der Waals surface area contributed by atoms with E-state index in [0.717, 1.165) is 24.5 Å². The maximum atomic E-state index is 11.1. The third-order valence-electron chi connectivity index (χ3n) is 3.63. The molecular weight excluding hydrogens is 254 g/mol. The van der Waals surface area contributed by atoms with Crippen molar-refractivity contribution in [1.29, 1.82) is 0 Å². The van der Waals surface area contributed by atoms with E-state index in [0.29, 0.717) is 18.9 Å². The summed E-state index contributed by atoms with van der Waals surface area (Å²) >= 11 is 0. The summed E-state index contributed by atoms with van der Waals surface area (Å²) in [5.74, 6) is 0.716. The summed E-state index contributed by atoms with van der Waals surface area (Å²) in [4.78, 5) is 11.1. The maximum Gasteiger partial charge on any atom is 0.305 e. The first kappa shape index (κ1) is 14.9. The van der Waals surface area contributed by atoms with Gasteiger partial charge in [-0.2, -0.15) is 0 Å². The van der Waals surface area contributed by atoms with Gasteiger partial charge in [0.2, 0.25) is 0 Å². The highest BCUT2D eigenvalue weighted by molar-refractivity contribution is 5.69. The molecule has 1 N–H and O–H groups in total. The number of methoxy groups -OCH3 is 1. The molecule has 0 saturated carbocycles. The summed E-state index contributed by atoms with van der Waals surface area (Å²) in [5.41, 5.74) is 1.12. The Morgan fingerprint density at radius 2 is 2.10 bits per heavy atom. The van der Waals surface area contributed by atoms with Gasteiger partial charge in [0.25, 0.3) is 0 Å². The Labute approximate surface area is 120 Å². The molecule has 1 unspecified atom stereocenters. The number of ether oxygens (including phenoxy) is 2. The summed E-state index contributed by atoms with van der Waals surface area (Å²) in [5, 5.41) is 3.46. The first-order valence-corrected chi connectivity index (χ1v) is 7.30. The van der Waals surface area contributed by atoms with E-state index in [4.69, 9.17) is 4.74 Å². The zero-order valence-electron chi connectivity index (χ0n) is 12.1. The van der Waals surface area contributed by atoms with Crippen molar-refractivity contribution in [3.05, 3.63) is 29.8 Å². The summed E-state index contributed by atoms with van der Waals surface area (Å²) in [6, 6.07) is 8.42. The van der Waals surface area contributed by atoms with Crippen molar-refractivity contribution < 1.29 is 14.3 Å². The first-order valence-electron chi connectivity index (χ1n) is 7.30. The van der Waals surface area contributed by atoms with Gasteiger partial charge in [-0.1, -0.05) is 18.6 Å². The fourth-order valence-electron chi connectivity index (χ4n) is 2.36. The third-order valence-corrected chi connectivity index (χ3v) is 3.63. The molecule has 1 fully saturated rings. The molecule has 1 aliphatic rings.